The number of anilines is 1. The number of carbonyl (C=O) groups is 2. The third-order valence-electron chi connectivity index (χ3n) is 2.44. The average molecular weight is 301 g/mol. The smallest absolute Gasteiger partial charge is 0.255 e. The molecule has 0 unspecified atom stereocenters. The van der Waals surface area contributed by atoms with Gasteiger partial charge in [0, 0.05) is 26.6 Å². The molecule has 0 aliphatic carbocycles. The number of amides is 2. The third-order valence-corrected chi connectivity index (χ3v) is 2.75. The van der Waals surface area contributed by atoms with Crippen LogP contribution in [0.3, 0.4) is 0 Å². The van der Waals surface area contributed by atoms with E-state index in [1.54, 1.807) is 7.11 Å². The number of rotatable bonds is 6. The SMILES string of the molecule is COCCNC(=O)c1cc(Cl)c(NC(C)=O)cc1OC. The van der Waals surface area contributed by atoms with Crippen LogP contribution < -0.4 is 15.4 Å². The molecule has 7 heteroatoms. The zero-order valence-electron chi connectivity index (χ0n) is 11.6. The van der Waals surface area contributed by atoms with Crippen LogP contribution in [0.2, 0.25) is 5.02 Å². The van der Waals surface area contributed by atoms with Crippen molar-refractivity contribution in [3.8, 4) is 5.75 Å². The molecule has 0 atom stereocenters. The van der Waals surface area contributed by atoms with Crippen molar-refractivity contribution in [2.75, 3.05) is 32.7 Å². The van der Waals surface area contributed by atoms with Gasteiger partial charge in [-0.2, -0.15) is 0 Å². The van der Waals surface area contributed by atoms with Crippen molar-refractivity contribution in [3.63, 3.8) is 0 Å². The number of ether oxygens (including phenoxy) is 2. The Morgan fingerprint density at radius 1 is 1.30 bits per heavy atom. The van der Waals surface area contributed by atoms with Crippen LogP contribution in [0, 0.1) is 0 Å². The number of carbonyl (C=O) groups excluding carboxylic acids is 2. The van der Waals surface area contributed by atoms with Crippen LogP contribution in [-0.2, 0) is 9.53 Å². The first-order valence-corrected chi connectivity index (χ1v) is 6.29. The fourth-order valence-electron chi connectivity index (χ4n) is 1.55. The molecule has 0 radical (unpaired) electrons. The molecule has 0 aromatic heterocycles. The molecule has 110 valence electrons. The molecule has 6 nitrogen and oxygen atoms in total. The first-order chi connectivity index (χ1) is 9.49. The van der Waals surface area contributed by atoms with E-state index in [0.717, 1.165) is 0 Å². The predicted molar refractivity (Wildman–Crippen MR) is 76.5 cm³/mol. The zero-order valence-corrected chi connectivity index (χ0v) is 12.3. The number of hydrogen-bond acceptors (Lipinski definition) is 4. The van der Waals surface area contributed by atoms with Gasteiger partial charge in [-0.3, -0.25) is 9.59 Å². The maximum absolute atomic E-state index is 12.0. The average Bonchev–Trinajstić information content (AvgIpc) is 2.40. The minimum atomic E-state index is -0.324. The Balaban J connectivity index is 2.99. The summed E-state index contributed by atoms with van der Waals surface area (Å²) < 4.78 is 10.00. The zero-order chi connectivity index (χ0) is 15.1. The topological polar surface area (TPSA) is 76.7 Å². The van der Waals surface area contributed by atoms with Crippen molar-refractivity contribution in [1.82, 2.24) is 5.32 Å². The van der Waals surface area contributed by atoms with E-state index < -0.39 is 0 Å². The number of benzene rings is 1. The highest BCUT2D eigenvalue weighted by atomic mass is 35.5. The quantitative estimate of drug-likeness (QED) is 0.784. The van der Waals surface area contributed by atoms with E-state index in [-0.39, 0.29) is 16.8 Å². The molecule has 0 aliphatic rings. The molecule has 20 heavy (non-hydrogen) atoms. The van der Waals surface area contributed by atoms with E-state index in [9.17, 15) is 9.59 Å². The molecule has 1 aromatic rings. The van der Waals surface area contributed by atoms with E-state index >= 15 is 0 Å². The summed E-state index contributed by atoms with van der Waals surface area (Å²) in [5.41, 5.74) is 0.687. The van der Waals surface area contributed by atoms with Gasteiger partial charge in [-0.15, -0.1) is 0 Å². The Hall–Kier alpha value is -1.79. The van der Waals surface area contributed by atoms with Crippen LogP contribution in [0.1, 0.15) is 17.3 Å². The van der Waals surface area contributed by atoms with E-state index in [0.29, 0.717) is 30.2 Å². The molecule has 1 aromatic carbocycles. The normalized spacial score (nSPS) is 10.0. The number of hydrogen-bond donors (Lipinski definition) is 2. The van der Waals surface area contributed by atoms with Crippen molar-refractivity contribution < 1.29 is 19.1 Å². The Kier molecular flexibility index (Phi) is 6.27. The highest BCUT2D eigenvalue weighted by molar-refractivity contribution is 6.34. The second-order valence-corrected chi connectivity index (χ2v) is 4.37. The van der Waals surface area contributed by atoms with Gasteiger partial charge in [0.15, 0.2) is 0 Å². The fourth-order valence-corrected chi connectivity index (χ4v) is 1.76. The van der Waals surface area contributed by atoms with Crippen molar-refractivity contribution in [3.05, 3.63) is 22.7 Å². The third kappa shape index (κ3) is 4.40. The van der Waals surface area contributed by atoms with Crippen molar-refractivity contribution in [2.24, 2.45) is 0 Å². The molecular weight excluding hydrogens is 284 g/mol. The van der Waals surface area contributed by atoms with E-state index in [2.05, 4.69) is 10.6 Å². The van der Waals surface area contributed by atoms with Gasteiger partial charge in [-0.05, 0) is 6.07 Å². The van der Waals surface area contributed by atoms with Gasteiger partial charge in [-0.25, -0.2) is 0 Å². The van der Waals surface area contributed by atoms with Crippen LogP contribution in [0.25, 0.3) is 0 Å². The highest BCUT2D eigenvalue weighted by Crippen LogP contribution is 2.30. The lowest BCUT2D eigenvalue weighted by atomic mass is 10.1. The summed E-state index contributed by atoms with van der Waals surface area (Å²) >= 11 is 6.03. The maximum Gasteiger partial charge on any atom is 0.255 e. The first kappa shape index (κ1) is 16.3. The molecule has 1 rings (SSSR count). The lowest BCUT2D eigenvalue weighted by Crippen LogP contribution is -2.27. The molecule has 0 fully saturated rings. The predicted octanol–water partition coefficient (Wildman–Crippen LogP) is 1.68. The monoisotopic (exact) mass is 300 g/mol. The minimum Gasteiger partial charge on any atom is -0.496 e. The molecule has 0 heterocycles. The van der Waals surface area contributed by atoms with Gasteiger partial charge in [0.05, 0.1) is 30.0 Å². The van der Waals surface area contributed by atoms with Gasteiger partial charge in [0.2, 0.25) is 5.91 Å². The largest absolute Gasteiger partial charge is 0.496 e. The van der Waals surface area contributed by atoms with Gasteiger partial charge in [0.1, 0.15) is 5.75 Å². The standard InChI is InChI=1S/C13H17ClN2O4/c1-8(17)16-11-7-12(20-3)9(6-10(11)14)13(18)15-4-5-19-2/h6-7H,4-5H2,1-3H3,(H,15,18)(H,16,17). The summed E-state index contributed by atoms with van der Waals surface area (Å²) in [6.45, 7) is 2.16. The molecule has 2 N–H and O–H groups in total. The molecule has 0 saturated carbocycles. The van der Waals surface area contributed by atoms with Gasteiger partial charge in [0.25, 0.3) is 5.91 Å². The first-order valence-electron chi connectivity index (χ1n) is 5.91. The highest BCUT2D eigenvalue weighted by Gasteiger charge is 2.16. The Bertz CT molecular complexity index is 505. The summed E-state index contributed by atoms with van der Waals surface area (Å²) in [5, 5.41) is 5.50. The molecule has 0 spiro atoms. The van der Waals surface area contributed by atoms with Crippen LogP contribution in [0.4, 0.5) is 5.69 Å². The minimum absolute atomic E-state index is 0.258. The summed E-state index contributed by atoms with van der Waals surface area (Å²) in [7, 11) is 2.98. The van der Waals surface area contributed by atoms with Crippen LogP contribution in [0.15, 0.2) is 12.1 Å². The number of methoxy groups -OCH3 is 2. The summed E-state index contributed by atoms with van der Waals surface area (Å²) in [5.74, 6) is -0.255. The van der Waals surface area contributed by atoms with E-state index in [4.69, 9.17) is 21.1 Å². The number of nitrogens with one attached hydrogen (secondary N) is 2. The van der Waals surface area contributed by atoms with Crippen LogP contribution in [0.5, 0.6) is 5.75 Å². The Morgan fingerprint density at radius 2 is 2.00 bits per heavy atom. The van der Waals surface area contributed by atoms with Crippen molar-refractivity contribution in [1.29, 1.82) is 0 Å². The Morgan fingerprint density at radius 3 is 2.55 bits per heavy atom. The van der Waals surface area contributed by atoms with E-state index in [1.165, 1.54) is 26.2 Å². The van der Waals surface area contributed by atoms with Crippen LogP contribution >= 0.6 is 11.6 Å². The summed E-state index contributed by atoms with van der Waals surface area (Å²) in [6.07, 6.45) is 0. The van der Waals surface area contributed by atoms with Gasteiger partial charge < -0.3 is 20.1 Å². The number of halogens is 1. The van der Waals surface area contributed by atoms with Gasteiger partial charge >= 0.3 is 0 Å². The lowest BCUT2D eigenvalue weighted by Gasteiger charge is -2.13. The molecule has 0 saturated heterocycles. The Labute approximate surface area is 122 Å². The molecule has 0 bridgehead atoms. The van der Waals surface area contributed by atoms with Crippen LogP contribution in [-0.4, -0.2) is 39.2 Å². The fraction of sp³-hybridized carbons (Fsp3) is 0.385. The van der Waals surface area contributed by atoms with Crippen molar-refractivity contribution >= 4 is 29.1 Å². The van der Waals surface area contributed by atoms with Gasteiger partial charge in [-0.1, -0.05) is 11.6 Å². The van der Waals surface area contributed by atoms with E-state index in [1.807, 2.05) is 0 Å². The molecular formula is C13H17ClN2O4. The molecule has 0 aliphatic heterocycles. The second kappa shape index (κ2) is 7.72. The summed E-state index contributed by atoms with van der Waals surface area (Å²) in [4.78, 5) is 23.0. The lowest BCUT2D eigenvalue weighted by molar-refractivity contribution is -0.114. The van der Waals surface area contributed by atoms with Crippen molar-refractivity contribution in [2.45, 2.75) is 6.92 Å². The molecule has 2 amide bonds. The second-order valence-electron chi connectivity index (χ2n) is 3.96. The summed E-state index contributed by atoms with van der Waals surface area (Å²) in [6, 6.07) is 2.96. The maximum atomic E-state index is 12.0.